The zero-order valence-corrected chi connectivity index (χ0v) is 48.4. The number of aryl methyl sites for hydroxylation is 3. The van der Waals surface area contributed by atoms with E-state index in [1.165, 1.54) is 45.0 Å². The van der Waals surface area contributed by atoms with E-state index in [4.69, 9.17) is 4.74 Å². The molecule has 10 nitrogen and oxygen atoms in total. The maximum absolute atomic E-state index is 6.45. The molecule has 399 valence electrons. The van der Waals surface area contributed by atoms with Crippen LogP contribution in [0.3, 0.4) is 0 Å². The van der Waals surface area contributed by atoms with Gasteiger partial charge in [0.05, 0.1) is 0 Å². The van der Waals surface area contributed by atoms with E-state index < -0.39 is 0 Å². The Morgan fingerprint density at radius 1 is 0.443 bits per heavy atom. The first-order valence-corrected chi connectivity index (χ1v) is 25.8. The molecule has 13 rings (SSSR count). The molecule has 6 heterocycles. The van der Waals surface area contributed by atoms with Crippen LogP contribution in [0.2, 0.25) is 0 Å². The molecule has 0 fully saturated rings. The fourth-order valence-electron chi connectivity index (χ4n) is 10.3. The summed E-state index contributed by atoms with van der Waals surface area (Å²) in [4.78, 5) is 26.8. The van der Waals surface area contributed by atoms with Gasteiger partial charge in [0.15, 0.2) is 0 Å². The van der Waals surface area contributed by atoms with E-state index in [0.29, 0.717) is 22.9 Å². The summed E-state index contributed by atoms with van der Waals surface area (Å²) in [5.74, 6) is 1.91. The Kier molecular flexibility index (Phi) is 17.0. The van der Waals surface area contributed by atoms with E-state index in [1.54, 1.807) is 30.7 Å². The fraction of sp³-hybridized carbons (Fsp3) is 0.104. The molecule has 10 aromatic rings. The van der Waals surface area contributed by atoms with Crippen molar-refractivity contribution in [3.05, 3.63) is 268 Å². The number of unbranched alkanes of at least 4 members (excludes halogenated alkanes) is 1. The molecule has 7 aromatic carbocycles. The van der Waals surface area contributed by atoms with Gasteiger partial charge in [0, 0.05) is 93.0 Å². The second-order valence-corrected chi connectivity index (χ2v) is 19.0. The number of fused-ring (bicyclic) bond motifs is 3. The number of hydrogen-bond acceptors (Lipinski definition) is 10. The van der Waals surface area contributed by atoms with Gasteiger partial charge in [-0.1, -0.05) is 60.2 Å². The van der Waals surface area contributed by atoms with Gasteiger partial charge in [-0.15, -0.1) is 71.0 Å². The van der Waals surface area contributed by atoms with Gasteiger partial charge in [0.1, 0.15) is 5.82 Å². The summed E-state index contributed by atoms with van der Waals surface area (Å²) in [5, 5.41) is 0. The molecule has 0 aliphatic carbocycles. The monoisotopic (exact) mass is 1390 g/mol. The molecular weight excluding hydrogens is 1330 g/mol. The van der Waals surface area contributed by atoms with E-state index in [0.717, 1.165) is 65.7 Å². The van der Waals surface area contributed by atoms with Gasteiger partial charge in [-0.2, -0.15) is 86.1 Å². The predicted octanol–water partition coefficient (Wildman–Crippen LogP) is 15.6. The van der Waals surface area contributed by atoms with Crippen LogP contribution in [-0.4, -0.2) is 28.0 Å². The van der Waals surface area contributed by atoms with Gasteiger partial charge >= 0.3 is 0 Å². The van der Waals surface area contributed by atoms with E-state index in [9.17, 15) is 0 Å². The number of anilines is 10. The molecule has 3 aromatic heterocycles. The number of pyridine rings is 3. The van der Waals surface area contributed by atoms with Gasteiger partial charge in [0.25, 0.3) is 0 Å². The van der Waals surface area contributed by atoms with E-state index in [1.807, 2.05) is 66.7 Å². The largest absolute Gasteiger partial charge is 0.510 e. The second-order valence-electron chi connectivity index (χ2n) is 19.0. The normalized spacial score (nSPS) is 12.9. The first-order valence-electron chi connectivity index (χ1n) is 25.8. The Morgan fingerprint density at radius 2 is 0.962 bits per heavy atom. The fourth-order valence-corrected chi connectivity index (χ4v) is 10.3. The summed E-state index contributed by atoms with van der Waals surface area (Å²) in [6.07, 6.45) is 7.40. The number of para-hydroxylation sites is 8. The van der Waals surface area contributed by atoms with Gasteiger partial charge in [-0.25, -0.2) is 11.1 Å². The Morgan fingerprint density at radius 3 is 1.52 bits per heavy atom. The molecule has 0 amide bonds. The molecule has 0 saturated heterocycles. The van der Waals surface area contributed by atoms with Crippen LogP contribution in [0.4, 0.5) is 57.0 Å². The minimum absolute atomic E-state index is 0. The van der Waals surface area contributed by atoms with Crippen molar-refractivity contribution >= 4 is 57.0 Å². The molecule has 0 unspecified atom stereocenters. The smallest absolute Gasteiger partial charge is 0.104 e. The predicted molar refractivity (Wildman–Crippen MR) is 310 cm³/mol. The zero-order valence-electron chi connectivity index (χ0n) is 43.7. The number of nitrogens with zero attached hydrogens (tertiary/aromatic N) is 9. The van der Waals surface area contributed by atoms with Crippen LogP contribution in [0.15, 0.2) is 201 Å². The molecule has 3 aliphatic rings. The average molecular weight is 1390 g/mol. The SMILES string of the molecule is Cc1cc(C)c(-c2cc(Oc3[c-]c(-c4[c-]cccn4)ncc3)[c-]c(N3[CH-]N(c4ccccn4)c4ccccc43)c2)c(C)c1.[Ir].[Pt].[c-]1ccccc1N1[CH-]N(CCCCN2[CH-]N(c3[c-]cccc3)c3ccccc32)c2ccccc21. The van der Waals surface area contributed by atoms with Gasteiger partial charge in [-0.3, -0.25) is 0 Å². The summed E-state index contributed by atoms with van der Waals surface area (Å²) in [7, 11) is 0. The van der Waals surface area contributed by atoms with Crippen LogP contribution in [0.5, 0.6) is 11.5 Å². The number of hydrogen-bond donors (Lipinski definition) is 0. The van der Waals surface area contributed by atoms with Crippen molar-refractivity contribution in [1.82, 2.24) is 15.0 Å². The number of rotatable bonds is 13. The van der Waals surface area contributed by atoms with Gasteiger partial charge in [-0.05, 0) is 124 Å². The molecular formula is C67H53IrN9OPt-8. The molecule has 1 radical (unpaired) electrons. The third-order valence-electron chi connectivity index (χ3n) is 13.7. The topological polar surface area (TPSA) is 67.3 Å². The number of ether oxygens (including phenoxy) is 1. The quantitative estimate of drug-likeness (QED) is 0.0824. The Balaban J connectivity index is 0.000000178. The Bertz CT molecular complexity index is 3530. The minimum atomic E-state index is 0. The summed E-state index contributed by atoms with van der Waals surface area (Å²) in [5.41, 5.74) is 17.0. The second kappa shape index (κ2) is 24.7. The number of aromatic nitrogens is 3. The maximum atomic E-state index is 6.45. The van der Waals surface area contributed by atoms with Crippen LogP contribution in [0, 0.1) is 71.1 Å². The molecule has 0 spiro atoms. The maximum Gasteiger partial charge on any atom is 0.104 e. The first kappa shape index (κ1) is 54.3. The zero-order chi connectivity index (χ0) is 52.1. The first-order chi connectivity index (χ1) is 37.9. The van der Waals surface area contributed by atoms with Gasteiger partial charge in [0.2, 0.25) is 0 Å². The summed E-state index contributed by atoms with van der Waals surface area (Å²) in [6, 6.07) is 78.3. The van der Waals surface area contributed by atoms with Crippen molar-refractivity contribution in [2.45, 2.75) is 33.6 Å². The van der Waals surface area contributed by atoms with Crippen LogP contribution in [0.1, 0.15) is 29.5 Å². The number of benzene rings is 7. The van der Waals surface area contributed by atoms with Crippen molar-refractivity contribution in [1.29, 1.82) is 0 Å². The van der Waals surface area contributed by atoms with E-state index >= 15 is 0 Å². The van der Waals surface area contributed by atoms with E-state index in [2.05, 4.69) is 219 Å². The molecule has 0 atom stereocenters. The molecule has 12 heteroatoms. The molecule has 0 bridgehead atoms. The molecule has 79 heavy (non-hydrogen) atoms. The van der Waals surface area contributed by atoms with Crippen LogP contribution in [-0.2, 0) is 41.2 Å². The van der Waals surface area contributed by atoms with Crippen molar-refractivity contribution in [3.63, 3.8) is 0 Å². The van der Waals surface area contributed by atoms with Crippen LogP contribution >= 0.6 is 0 Å². The summed E-state index contributed by atoms with van der Waals surface area (Å²) < 4.78 is 6.45. The van der Waals surface area contributed by atoms with Crippen LogP contribution in [0.25, 0.3) is 22.5 Å². The van der Waals surface area contributed by atoms with Crippen molar-refractivity contribution < 1.29 is 45.9 Å². The third kappa shape index (κ3) is 11.7. The third-order valence-corrected chi connectivity index (χ3v) is 13.7. The van der Waals surface area contributed by atoms with Crippen molar-refractivity contribution in [2.75, 3.05) is 42.5 Å². The van der Waals surface area contributed by atoms with Crippen LogP contribution < -0.4 is 34.1 Å². The van der Waals surface area contributed by atoms with Gasteiger partial charge < -0.3 is 44.1 Å². The van der Waals surface area contributed by atoms with Crippen molar-refractivity contribution in [3.8, 4) is 34.0 Å². The average Bonchev–Trinajstić information content (AvgIpc) is 4.40. The Hall–Kier alpha value is -8.07. The van der Waals surface area contributed by atoms with Crippen molar-refractivity contribution in [2.24, 2.45) is 0 Å². The molecule has 0 saturated carbocycles. The Labute approximate surface area is 492 Å². The van der Waals surface area contributed by atoms with E-state index in [-0.39, 0.29) is 41.2 Å². The summed E-state index contributed by atoms with van der Waals surface area (Å²) in [6.45, 7) is 14.9. The summed E-state index contributed by atoms with van der Waals surface area (Å²) >= 11 is 0. The minimum Gasteiger partial charge on any atom is -0.510 e. The molecule has 0 N–H and O–H groups in total. The molecule has 3 aliphatic heterocycles. The standard InChI is InChI=1S/C37H27N5O.C30H26N4.Ir.Pt/c1-25-18-26(2)37(27(3)19-25)28-20-29(41-24-42(36-13-7-9-16-40-36)35-12-5-4-11-34(35)41)22-31(21-28)43-30-14-17-39-33(23-30)32-10-6-8-15-38-32;1-3-13-25(14-4-1)33-23-31(27-17-7-9-19-29(27)33)21-11-12-22-32-24-34(26-15-5-2-6-16-26)30-20-10-8-18-28(30)32;;/h4-9,11-21,24H,1-3H3;1-10,13,15,17-20,23-24H,11-12,21-22H2;;/q2*-4;;.